The summed E-state index contributed by atoms with van der Waals surface area (Å²) in [6.45, 7) is 0.311. The molecule has 1 aliphatic rings. The molecular formula is C22H19N5O2S. The Morgan fingerprint density at radius 1 is 1.07 bits per heavy atom. The fourth-order valence-corrected chi connectivity index (χ4v) is 3.95. The van der Waals surface area contributed by atoms with Crippen LogP contribution in [0.3, 0.4) is 0 Å². The van der Waals surface area contributed by atoms with E-state index in [9.17, 15) is 9.59 Å². The highest BCUT2D eigenvalue weighted by Crippen LogP contribution is 2.26. The number of amides is 2. The van der Waals surface area contributed by atoms with Gasteiger partial charge in [-0.1, -0.05) is 24.3 Å². The summed E-state index contributed by atoms with van der Waals surface area (Å²) in [7, 11) is 0. The van der Waals surface area contributed by atoms with Gasteiger partial charge in [-0.3, -0.25) is 9.59 Å². The van der Waals surface area contributed by atoms with E-state index in [-0.39, 0.29) is 11.8 Å². The number of hydrogen-bond donors (Lipinski definition) is 3. The van der Waals surface area contributed by atoms with E-state index in [0.717, 1.165) is 34.4 Å². The summed E-state index contributed by atoms with van der Waals surface area (Å²) in [6.07, 6.45) is 3.69. The maximum absolute atomic E-state index is 12.5. The van der Waals surface area contributed by atoms with E-state index in [2.05, 4.69) is 25.6 Å². The summed E-state index contributed by atoms with van der Waals surface area (Å²) in [6, 6.07) is 15.4. The highest BCUT2D eigenvalue weighted by Gasteiger charge is 2.23. The average molecular weight is 417 g/mol. The molecule has 2 amide bonds. The molecule has 30 heavy (non-hydrogen) atoms. The average Bonchev–Trinajstić information content (AvgIpc) is 3.28. The van der Waals surface area contributed by atoms with Crippen molar-refractivity contribution >= 4 is 34.2 Å². The van der Waals surface area contributed by atoms with Crippen molar-refractivity contribution in [2.45, 2.75) is 25.4 Å². The van der Waals surface area contributed by atoms with E-state index in [1.54, 1.807) is 18.3 Å². The Bertz CT molecular complexity index is 1190. The molecule has 1 fully saturated rings. The van der Waals surface area contributed by atoms with Gasteiger partial charge in [-0.15, -0.1) is 11.3 Å². The lowest BCUT2D eigenvalue weighted by Gasteiger charge is -2.03. The zero-order valence-electron chi connectivity index (χ0n) is 16.0. The maximum Gasteiger partial charge on any atom is 0.263 e. The quantitative estimate of drug-likeness (QED) is 0.447. The first-order valence-electron chi connectivity index (χ1n) is 9.75. The molecule has 2 aromatic carbocycles. The van der Waals surface area contributed by atoms with Crippen molar-refractivity contribution in [1.82, 2.24) is 25.6 Å². The third kappa shape index (κ3) is 3.95. The van der Waals surface area contributed by atoms with Crippen LogP contribution in [0.5, 0.6) is 0 Å². The lowest BCUT2D eigenvalue weighted by atomic mass is 10.1. The number of benzene rings is 2. The summed E-state index contributed by atoms with van der Waals surface area (Å²) in [4.78, 5) is 37.1. The van der Waals surface area contributed by atoms with Crippen molar-refractivity contribution in [2.75, 3.05) is 0 Å². The second-order valence-electron chi connectivity index (χ2n) is 7.24. The van der Waals surface area contributed by atoms with E-state index in [1.165, 1.54) is 11.3 Å². The zero-order valence-corrected chi connectivity index (χ0v) is 16.8. The van der Waals surface area contributed by atoms with Crippen molar-refractivity contribution < 1.29 is 9.59 Å². The number of nitrogens with one attached hydrogen (secondary N) is 3. The van der Waals surface area contributed by atoms with Crippen LogP contribution in [0.1, 0.15) is 38.7 Å². The van der Waals surface area contributed by atoms with Gasteiger partial charge in [0.15, 0.2) is 0 Å². The zero-order chi connectivity index (χ0) is 20.5. The van der Waals surface area contributed by atoms with Gasteiger partial charge in [0.1, 0.15) is 15.7 Å². The van der Waals surface area contributed by atoms with Gasteiger partial charge in [-0.2, -0.15) is 0 Å². The first-order valence-corrected chi connectivity index (χ1v) is 10.6. The minimum atomic E-state index is -0.195. The number of aromatic nitrogens is 3. The second-order valence-corrected chi connectivity index (χ2v) is 8.27. The molecular weight excluding hydrogens is 398 g/mol. The number of H-pyrrole nitrogens is 1. The molecule has 5 rings (SSSR count). The Morgan fingerprint density at radius 3 is 2.63 bits per heavy atom. The largest absolute Gasteiger partial charge is 0.349 e. The normalized spacial score (nSPS) is 13.3. The molecule has 2 aromatic heterocycles. The molecule has 1 saturated carbocycles. The third-order valence-corrected chi connectivity index (χ3v) is 5.94. The van der Waals surface area contributed by atoms with Crippen molar-refractivity contribution in [3.63, 3.8) is 0 Å². The molecule has 150 valence electrons. The fourth-order valence-electron chi connectivity index (χ4n) is 3.11. The number of carbonyl (C=O) groups excluding carboxylic acids is 2. The van der Waals surface area contributed by atoms with Crippen LogP contribution in [-0.2, 0) is 6.54 Å². The van der Waals surface area contributed by atoms with Gasteiger partial charge in [0, 0.05) is 17.2 Å². The van der Waals surface area contributed by atoms with Crippen LogP contribution in [0, 0.1) is 0 Å². The van der Waals surface area contributed by atoms with E-state index in [4.69, 9.17) is 0 Å². The van der Waals surface area contributed by atoms with Crippen molar-refractivity contribution in [3.8, 4) is 10.6 Å². The topological polar surface area (TPSA) is 99.8 Å². The van der Waals surface area contributed by atoms with Gasteiger partial charge < -0.3 is 15.6 Å². The number of imidazole rings is 1. The summed E-state index contributed by atoms with van der Waals surface area (Å²) in [5.41, 5.74) is 3.32. The van der Waals surface area contributed by atoms with Crippen LogP contribution in [-0.4, -0.2) is 32.8 Å². The van der Waals surface area contributed by atoms with E-state index < -0.39 is 0 Å². The standard InChI is InChI=1S/C22H19N5O2S/c28-20(25-15-9-10-15)13-5-7-14(8-6-13)22-24-11-18(30-22)21(29)23-12-19-26-16-3-1-2-4-17(16)27-19/h1-8,11,15H,9-10,12H2,(H,23,29)(H,25,28)(H,26,27). The molecule has 8 heteroatoms. The number of hydrogen-bond acceptors (Lipinski definition) is 5. The number of nitrogens with zero attached hydrogens (tertiary/aromatic N) is 2. The molecule has 4 aromatic rings. The van der Waals surface area contributed by atoms with Crippen LogP contribution in [0.2, 0.25) is 0 Å². The van der Waals surface area contributed by atoms with Gasteiger partial charge in [0.05, 0.1) is 23.8 Å². The minimum Gasteiger partial charge on any atom is -0.349 e. The van der Waals surface area contributed by atoms with Gasteiger partial charge in [0.2, 0.25) is 0 Å². The lowest BCUT2D eigenvalue weighted by molar-refractivity contribution is 0.0944. The molecule has 0 aliphatic heterocycles. The molecule has 0 bridgehead atoms. The van der Waals surface area contributed by atoms with E-state index >= 15 is 0 Å². The van der Waals surface area contributed by atoms with Crippen molar-refractivity contribution in [1.29, 1.82) is 0 Å². The predicted molar refractivity (Wildman–Crippen MR) is 115 cm³/mol. The number of carbonyl (C=O) groups is 2. The van der Waals surface area contributed by atoms with Crippen LogP contribution >= 0.6 is 11.3 Å². The lowest BCUT2D eigenvalue weighted by Crippen LogP contribution is -2.25. The number of thiazole rings is 1. The highest BCUT2D eigenvalue weighted by molar-refractivity contribution is 7.16. The van der Waals surface area contributed by atoms with Crippen molar-refractivity contribution in [3.05, 3.63) is 71.0 Å². The molecule has 7 nitrogen and oxygen atoms in total. The monoisotopic (exact) mass is 417 g/mol. The Labute approximate surface area is 176 Å². The predicted octanol–water partition coefficient (Wildman–Crippen LogP) is 3.51. The van der Waals surface area contributed by atoms with Gasteiger partial charge >= 0.3 is 0 Å². The maximum atomic E-state index is 12.5. The summed E-state index contributed by atoms with van der Waals surface area (Å²) >= 11 is 1.31. The van der Waals surface area contributed by atoms with E-state index in [0.29, 0.717) is 28.9 Å². The SMILES string of the molecule is O=C(NC1CC1)c1ccc(-c2ncc(C(=O)NCc3nc4ccccc4[nH]3)s2)cc1. The Balaban J connectivity index is 1.23. The fraction of sp³-hybridized carbons (Fsp3) is 0.182. The van der Waals surface area contributed by atoms with Crippen LogP contribution in [0.25, 0.3) is 21.6 Å². The first-order chi connectivity index (χ1) is 14.7. The second kappa shape index (κ2) is 7.72. The number of aromatic amines is 1. The summed E-state index contributed by atoms with van der Waals surface area (Å²) < 4.78 is 0. The minimum absolute atomic E-state index is 0.0474. The van der Waals surface area contributed by atoms with Crippen LogP contribution in [0.4, 0.5) is 0 Å². The third-order valence-electron chi connectivity index (χ3n) is 4.89. The van der Waals surface area contributed by atoms with Gasteiger partial charge in [-0.05, 0) is 37.1 Å². The molecule has 0 atom stereocenters. The smallest absolute Gasteiger partial charge is 0.263 e. The molecule has 0 unspecified atom stereocenters. The molecule has 0 saturated heterocycles. The first kappa shape index (κ1) is 18.5. The number of rotatable bonds is 6. The van der Waals surface area contributed by atoms with Crippen LogP contribution in [0.15, 0.2) is 54.7 Å². The molecule has 3 N–H and O–H groups in total. The number of fused-ring (bicyclic) bond motifs is 1. The Hall–Kier alpha value is -3.52. The Kier molecular flexibility index (Phi) is 4.76. The van der Waals surface area contributed by atoms with Gasteiger partial charge in [0.25, 0.3) is 11.8 Å². The summed E-state index contributed by atoms with van der Waals surface area (Å²) in [5.74, 6) is 0.461. The molecule has 0 spiro atoms. The molecule has 2 heterocycles. The number of para-hydroxylation sites is 2. The Morgan fingerprint density at radius 2 is 1.87 bits per heavy atom. The summed E-state index contributed by atoms with van der Waals surface area (Å²) in [5, 5.41) is 6.58. The van der Waals surface area contributed by atoms with E-state index in [1.807, 2.05) is 36.4 Å². The van der Waals surface area contributed by atoms with Gasteiger partial charge in [-0.25, -0.2) is 9.97 Å². The molecule has 1 aliphatic carbocycles. The van der Waals surface area contributed by atoms with Crippen molar-refractivity contribution in [2.24, 2.45) is 0 Å². The van der Waals surface area contributed by atoms with Crippen LogP contribution < -0.4 is 10.6 Å². The highest BCUT2D eigenvalue weighted by atomic mass is 32.1. The molecule has 0 radical (unpaired) electrons.